The lowest BCUT2D eigenvalue weighted by molar-refractivity contribution is -0.116. The third-order valence-electron chi connectivity index (χ3n) is 2.67. The molecule has 10 heteroatoms. The first-order valence-corrected chi connectivity index (χ1v) is 5.41. The van der Waals surface area contributed by atoms with Crippen LogP contribution in [-0.2, 0) is 4.74 Å². The van der Waals surface area contributed by atoms with Crippen molar-refractivity contribution < 1.29 is 24.8 Å². The molecule has 2 rings (SSSR count). The molecule has 1 saturated heterocycles. The van der Waals surface area contributed by atoms with E-state index in [4.69, 9.17) is 31.8 Å². The predicted octanol–water partition coefficient (Wildman–Crippen LogP) is -2.96. The molecule has 1 fully saturated rings. The van der Waals surface area contributed by atoms with Crippen molar-refractivity contribution in [1.29, 1.82) is 0 Å². The molecule has 0 unspecified atom stereocenters. The van der Waals surface area contributed by atoms with E-state index in [1.807, 2.05) is 0 Å². The van der Waals surface area contributed by atoms with Gasteiger partial charge in [0.15, 0.2) is 11.6 Å². The van der Waals surface area contributed by atoms with Crippen LogP contribution in [0, 0.1) is 0 Å². The molecule has 0 saturated carbocycles. The van der Waals surface area contributed by atoms with Gasteiger partial charge in [0.05, 0.1) is 6.61 Å². The minimum Gasteiger partial charge on any atom is -0.454 e. The summed E-state index contributed by atoms with van der Waals surface area (Å²) in [6.45, 7) is -0.471. The van der Waals surface area contributed by atoms with Crippen LogP contribution in [-0.4, -0.2) is 56.5 Å². The summed E-state index contributed by atoms with van der Waals surface area (Å²) < 4.78 is 10.3. The Bertz CT molecular complexity index is 449. The highest BCUT2D eigenvalue weighted by Gasteiger charge is 2.44. The van der Waals surface area contributed by atoms with Gasteiger partial charge in [0.2, 0.25) is 18.0 Å². The van der Waals surface area contributed by atoms with Gasteiger partial charge in [-0.2, -0.15) is 9.97 Å². The van der Waals surface area contributed by atoms with E-state index in [1.165, 1.54) is 0 Å². The van der Waals surface area contributed by atoms with Crippen LogP contribution in [0.2, 0.25) is 0 Å². The minimum atomic E-state index is -1.37. The number of hydrogen-bond donors (Lipinski definition) is 6. The molecule has 0 bridgehead atoms. The van der Waals surface area contributed by atoms with Gasteiger partial charge in [0, 0.05) is 0 Å². The normalized spacial score (nSPS) is 30.5. The molecule has 0 radical (unpaired) electrons. The van der Waals surface area contributed by atoms with E-state index in [0.717, 1.165) is 0 Å². The first-order chi connectivity index (χ1) is 8.93. The summed E-state index contributed by atoms with van der Waals surface area (Å²) >= 11 is 0. The minimum absolute atomic E-state index is 0.107. The lowest BCUT2D eigenvalue weighted by Gasteiger charge is -2.18. The molecule has 0 aromatic carbocycles. The number of aliphatic hydroxyl groups excluding tert-OH is 3. The van der Waals surface area contributed by atoms with Crippen molar-refractivity contribution in [3.05, 3.63) is 0 Å². The molecule has 9 N–H and O–H groups in total. The van der Waals surface area contributed by atoms with Crippen LogP contribution >= 0.6 is 0 Å². The van der Waals surface area contributed by atoms with Crippen LogP contribution in [0.4, 0.5) is 17.6 Å². The smallest absolute Gasteiger partial charge is 0.229 e. The zero-order chi connectivity index (χ0) is 14.2. The number of nitrogens with zero attached hydrogens (tertiary/aromatic N) is 2. The zero-order valence-electron chi connectivity index (χ0n) is 9.80. The van der Waals surface area contributed by atoms with E-state index in [2.05, 4.69) is 9.97 Å². The molecular formula is C9H15N5O5. The van der Waals surface area contributed by atoms with Crippen LogP contribution in [0.1, 0.15) is 0 Å². The van der Waals surface area contributed by atoms with Crippen molar-refractivity contribution in [2.75, 3.05) is 23.8 Å². The van der Waals surface area contributed by atoms with Gasteiger partial charge >= 0.3 is 0 Å². The summed E-state index contributed by atoms with van der Waals surface area (Å²) in [6, 6.07) is 0. The van der Waals surface area contributed by atoms with E-state index in [1.54, 1.807) is 0 Å². The Morgan fingerprint density at radius 3 is 2.16 bits per heavy atom. The number of nitrogen functional groups attached to an aromatic ring is 3. The van der Waals surface area contributed by atoms with Crippen LogP contribution in [0.15, 0.2) is 0 Å². The van der Waals surface area contributed by atoms with Crippen molar-refractivity contribution in [2.45, 2.75) is 24.6 Å². The molecule has 1 aliphatic heterocycles. The summed E-state index contributed by atoms with van der Waals surface area (Å²) in [6.07, 6.45) is -4.86. The molecule has 0 spiro atoms. The summed E-state index contributed by atoms with van der Waals surface area (Å²) in [4.78, 5) is 7.30. The Morgan fingerprint density at radius 1 is 1.11 bits per heavy atom. The Labute approximate surface area is 107 Å². The van der Waals surface area contributed by atoms with Crippen LogP contribution in [0.25, 0.3) is 0 Å². The number of aliphatic hydroxyl groups is 3. The Kier molecular flexibility index (Phi) is 3.57. The third kappa shape index (κ3) is 2.46. The van der Waals surface area contributed by atoms with Gasteiger partial charge < -0.3 is 42.0 Å². The second-order valence-electron chi connectivity index (χ2n) is 4.01. The molecule has 19 heavy (non-hydrogen) atoms. The maximum Gasteiger partial charge on any atom is 0.229 e. The topological polar surface area (TPSA) is 183 Å². The van der Waals surface area contributed by atoms with Crippen molar-refractivity contribution in [3.63, 3.8) is 0 Å². The number of anilines is 3. The average molecular weight is 273 g/mol. The Balaban J connectivity index is 2.18. The molecule has 0 aliphatic carbocycles. The maximum atomic E-state index is 9.70. The van der Waals surface area contributed by atoms with E-state index in [9.17, 15) is 10.2 Å². The van der Waals surface area contributed by atoms with Gasteiger partial charge in [-0.15, -0.1) is 0 Å². The van der Waals surface area contributed by atoms with E-state index < -0.39 is 31.2 Å². The number of hydrogen-bond acceptors (Lipinski definition) is 10. The predicted molar refractivity (Wildman–Crippen MR) is 63.7 cm³/mol. The molecule has 0 amide bonds. The van der Waals surface area contributed by atoms with Crippen LogP contribution in [0.3, 0.4) is 0 Å². The van der Waals surface area contributed by atoms with Crippen LogP contribution < -0.4 is 21.9 Å². The number of aromatic nitrogens is 2. The summed E-state index contributed by atoms with van der Waals surface area (Å²) in [7, 11) is 0. The van der Waals surface area contributed by atoms with Gasteiger partial charge in [-0.1, -0.05) is 0 Å². The highest BCUT2D eigenvalue weighted by Crippen LogP contribution is 2.31. The molecule has 106 valence electrons. The van der Waals surface area contributed by atoms with Gasteiger partial charge in [-0.3, -0.25) is 0 Å². The number of rotatable bonds is 3. The Morgan fingerprint density at radius 2 is 1.68 bits per heavy atom. The fraction of sp³-hybridized carbons (Fsp3) is 0.556. The standard InChI is InChI=1S/C9H15N5O5/c10-6-5(7(11)14-9(12)13-6)19-8-4(17)3(16)2(1-15)18-8/h2-4,8,15-17H,1H2,(H6,10,11,12,13,14)/t2-,3-,4-,8+/m1/s1. The molecule has 2 heterocycles. The lowest BCUT2D eigenvalue weighted by Crippen LogP contribution is -2.35. The average Bonchev–Trinajstić information content (AvgIpc) is 2.61. The molecule has 1 aliphatic rings. The summed E-state index contributed by atoms with van der Waals surface area (Å²) in [5, 5.41) is 28.2. The van der Waals surface area contributed by atoms with Gasteiger partial charge in [-0.05, 0) is 0 Å². The van der Waals surface area contributed by atoms with Gasteiger partial charge in [0.25, 0.3) is 0 Å². The third-order valence-corrected chi connectivity index (χ3v) is 2.67. The first-order valence-electron chi connectivity index (χ1n) is 5.41. The second-order valence-corrected chi connectivity index (χ2v) is 4.01. The van der Waals surface area contributed by atoms with Crippen LogP contribution in [0.5, 0.6) is 5.75 Å². The first kappa shape index (κ1) is 13.5. The van der Waals surface area contributed by atoms with Crippen molar-refractivity contribution in [2.24, 2.45) is 0 Å². The monoisotopic (exact) mass is 273 g/mol. The second kappa shape index (κ2) is 5.01. The Hall–Kier alpha value is -1.88. The highest BCUT2D eigenvalue weighted by molar-refractivity contribution is 5.61. The number of nitrogens with two attached hydrogens (primary N) is 3. The lowest BCUT2D eigenvalue weighted by atomic mass is 10.1. The van der Waals surface area contributed by atoms with Crippen molar-refractivity contribution in [3.8, 4) is 5.75 Å². The van der Waals surface area contributed by atoms with Gasteiger partial charge in [-0.25, -0.2) is 0 Å². The molecule has 4 atom stereocenters. The van der Waals surface area contributed by atoms with Crippen molar-refractivity contribution in [1.82, 2.24) is 9.97 Å². The zero-order valence-corrected chi connectivity index (χ0v) is 9.80. The molecule has 1 aromatic rings. The molecular weight excluding hydrogens is 258 g/mol. The maximum absolute atomic E-state index is 9.70. The fourth-order valence-corrected chi connectivity index (χ4v) is 1.70. The molecule has 1 aromatic heterocycles. The largest absolute Gasteiger partial charge is 0.454 e. The SMILES string of the molecule is Nc1nc(N)c(O[C@@H]2O[C@H](CO)[C@@H](O)[C@H]2O)c(N)n1. The quantitative estimate of drug-likeness (QED) is 0.332. The van der Waals surface area contributed by atoms with E-state index in [0.29, 0.717) is 0 Å². The summed E-state index contributed by atoms with van der Waals surface area (Å²) in [5.74, 6) is -0.474. The molecule has 10 nitrogen and oxygen atoms in total. The van der Waals surface area contributed by atoms with E-state index >= 15 is 0 Å². The summed E-state index contributed by atoms with van der Waals surface area (Å²) in [5.41, 5.74) is 16.5. The van der Waals surface area contributed by atoms with E-state index in [-0.39, 0.29) is 23.3 Å². The van der Waals surface area contributed by atoms with Crippen molar-refractivity contribution >= 4 is 17.6 Å². The highest BCUT2D eigenvalue weighted by atomic mass is 16.7. The number of ether oxygens (including phenoxy) is 2. The van der Waals surface area contributed by atoms with Gasteiger partial charge in [0.1, 0.15) is 18.3 Å². The fourth-order valence-electron chi connectivity index (χ4n) is 1.70.